The molecular weight excluding hydrogens is 484 g/mol. The van der Waals surface area contributed by atoms with Crippen molar-refractivity contribution in [3.05, 3.63) is 40.7 Å². The standard InChI is InChI=1S/C25H21F2N7OS/c1-33(2)22-10-3-16(22)34(7-10)25-31-5-12-13-8-35-9-14(13)17(19(27)20(12)32-25)21-18-11(4-28)24(29)36-23(18)15(26)6-30-21/h5-6,10,16,22H,3,7-9,29H2,1-2H3/t10-,16-,22+/m0/s1. The first kappa shape index (κ1) is 21.8. The van der Waals surface area contributed by atoms with Crippen LogP contribution >= 0.6 is 11.3 Å². The number of halogens is 2. The molecule has 2 bridgehead atoms. The van der Waals surface area contributed by atoms with Crippen LogP contribution in [0, 0.1) is 28.9 Å². The molecule has 6 heterocycles. The molecule has 4 aliphatic rings. The summed E-state index contributed by atoms with van der Waals surface area (Å²) in [5.74, 6) is -0.141. The number of pyridine rings is 1. The number of thiophene rings is 1. The van der Waals surface area contributed by atoms with E-state index >= 15 is 4.39 Å². The van der Waals surface area contributed by atoms with Crippen LogP contribution in [0.15, 0.2) is 12.4 Å². The summed E-state index contributed by atoms with van der Waals surface area (Å²) in [5.41, 5.74) is 8.03. The predicted molar refractivity (Wildman–Crippen MR) is 132 cm³/mol. The van der Waals surface area contributed by atoms with Crippen LogP contribution in [-0.2, 0) is 18.0 Å². The predicted octanol–water partition coefficient (Wildman–Crippen LogP) is 3.81. The summed E-state index contributed by atoms with van der Waals surface area (Å²) >= 11 is 0.958. The number of nitrogens with zero attached hydrogens (tertiary/aromatic N) is 6. The summed E-state index contributed by atoms with van der Waals surface area (Å²) in [7, 11) is 4.15. The van der Waals surface area contributed by atoms with Crippen LogP contribution in [0.3, 0.4) is 0 Å². The molecule has 4 aromatic rings. The second kappa shape index (κ2) is 7.52. The Labute approximate surface area is 208 Å². The van der Waals surface area contributed by atoms with Crippen LogP contribution in [-0.4, -0.2) is 52.6 Å². The zero-order valence-electron chi connectivity index (χ0n) is 19.5. The molecule has 2 N–H and O–H groups in total. The highest BCUT2D eigenvalue weighted by Crippen LogP contribution is 2.47. The molecule has 1 aromatic carbocycles. The van der Waals surface area contributed by atoms with Crippen molar-refractivity contribution in [3.63, 3.8) is 0 Å². The van der Waals surface area contributed by atoms with Gasteiger partial charge in [0.2, 0.25) is 5.95 Å². The Morgan fingerprint density at radius 1 is 1.22 bits per heavy atom. The molecule has 3 aliphatic heterocycles. The Bertz CT molecular complexity index is 1650. The van der Waals surface area contributed by atoms with Gasteiger partial charge < -0.3 is 20.3 Å². The lowest BCUT2D eigenvalue weighted by Gasteiger charge is -2.40. The van der Waals surface area contributed by atoms with Gasteiger partial charge in [0.1, 0.15) is 16.6 Å². The number of nitrogens with two attached hydrogens (primary N) is 1. The van der Waals surface area contributed by atoms with Gasteiger partial charge in [0.25, 0.3) is 0 Å². The minimum absolute atomic E-state index is 0.0964. The summed E-state index contributed by atoms with van der Waals surface area (Å²) in [6.45, 7) is 1.28. The largest absolute Gasteiger partial charge is 0.389 e. The smallest absolute Gasteiger partial charge is 0.226 e. The van der Waals surface area contributed by atoms with E-state index in [-0.39, 0.29) is 50.6 Å². The second-order valence-corrected chi connectivity index (χ2v) is 10.9. The number of likely N-dealkylation sites (N-methyl/N-ethyl adjacent to an activating group) is 1. The van der Waals surface area contributed by atoms with E-state index in [1.54, 1.807) is 6.20 Å². The Morgan fingerprint density at radius 3 is 2.78 bits per heavy atom. The van der Waals surface area contributed by atoms with Gasteiger partial charge in [-0.1, -0.05) is 0 Å². The fourth-order valence-corrected chi connectivity index (χ4v) is 7.18. The third kappa shape index (κ3) is 2.74. The number of nitrogen functional groups attached to an aromatic ring is 1. The molecule has 3 fully saturated rings. The molecule has 0 unspecified atom stereocenters. The lowest BCUT2D eigenvalue weighted by atomic mass is 9.79. The number of ether oxygens (including phenoxy) is 1. The molecule has 182 valence electrons. The average molecular weight is 506 g/mol. The monoisotopic (exact) mass is 505 g/mol. The minimum atomic E-state index is -0.603. The van der Waals surface area contributed by atoms with Crippen LogP contribution in [0.1, 0.15) is 23.1 Å². The molecule has 0 radical (unpaired) electrons. The molecule has 2 saturated heterocycles. The zero-order chi connectivity index (χ0) is 24.9. The van der Waals surface area contributed by atoms with Crippen LogP contribution in [0.2, 0.25) is 0 Å². The van der Waals surface area contributed by atoms with Crippen molar-refractivity contribution < 1.29 is 13.5 Å². The highest BCUT2D eigenvalue weighted by atomic mass is 32.1. The maximum atomic E-state index is 16.4. The number of hydrogen-bond donors (Lipinski definition) is 1. The lowest BCUT2D eigenvalue weighted by Crippen LogP contribution is -2.52. The van der Waals surface area contributed by atoms with Crippen molar-refractivity contribution in [2.24, 2.45) is 5.92 Å². The summed E-state index contributed by atoms with van der Waals surface area (Å²) in [6.07, 6.45) is 3.80. The quantitative estimate of drug-likeness (QED) is 0.448. The Kier molecular flexibility index (Phi) is 4.55. The number of benzene rings is 1. The van der Waals surface area contributed by atoms with E-state index in [9.17, 15) is 9.65 Å². The SMILES string of the molecule is CN(C)[C@@H]1[C@H]2C[C@@H]1N(c1ncc3c4c(c(-c5ncc(F)c6sc(N)c(C#N)c56)c(F)c3n1)COC4)C2. The molecule has 8 nitrogen and oxygen atoms in total. The van der Waals surface area contributed by atoms with Gasteiger partial charge in [-0.3, -0.25) is 4.98 Å². The molecule has 8 rings (SSSR count). The van der Waals surface area contributed by atoms with Gasteiger partial charge in [0.05, 0.1) is 35.4 Å². The molecule has 1 saturated carbocycles. The molecule has 1 aliphatic carbocycles. The fraction of sp³-hybridized carbons (Fsp3) is 0.360. The molecule has 36 heavy (non-hydrogen) atoms. The van der Waals surface area contributed by atoms with E-state index < -0.39 is 11.6 Å². The highest BCUT2D eigenvalue weighted by Gasteiger charge is 2.53. The Hall–Kier alpha value is -3.46. The molecule has 11 heteroatoms. The van der Waals surface area contributed by atoms with Gasteiger partial charge in [-0.2, -0.15) is 5.26 Å². The highest BCUT2D eigenvalue weighted by molar-refractivity contribution is 7.23. The molecule has 0 amide bonds. The van der Waals surface area contributed by atoms with Crippen molar-refractivity contribution >= 4 is 43.3 Å². The Balaban J connectivity index is 1.47. The number of anilines is 2. The van der Waals surface area contributed by atoms with Crippen LogP contribution in [0.25, 0.3) is 32.2 Å². The Morgan fingerprint density at radius 2 is 2.03 bits per heavy atom. The van der Waals surface area contributed by atoms with Crippen molar-refractivity contribution in [2.45, 2.75) is 31.7 Å². The van der Waals surface area contributed by atoms with Gasteiger partial charge in [-0.05, 0) is 37.6 Å². The fourth-order valence-electron chi connectivity index (χ4n) is 6.26. The van der Waals surface area contributed by atoms with E-state index in [0.717, 1.165) is 36.1 Å². The topological polar surface area (TPSA) is 104 Å². The number of rotatable bonds is 3. The van der Waals surface area contributed by atoms with Crippen molar-refractivity contribution in [3.8, 4) is 17.3 Å². The molecule has 3 atom stereocenters. The normalized spacial score (nSPS) is 22.4. The zero-order valence-corrected chi connectivity index (χ0v) is 20.4. The molecule has 0 spiro atoms. The summed E-state index contributed by atoms with van der Waals surface area (Å²) in [4.78, 5) is 18.0. The number of hydrogen-bond acceptors (Lipinski definition) is 9. The van der Waals surface area contributed by atoms with Crippen molar-refractivity contribution in [1.29, 1.82) is 5.26 Å². The summed E-state index contributed by atoms with van der Waals surface area (Å²) < 4.78 is 37.0. The first-order valence-corrected chi connectivity index (χ1v) is 12.5. The minimum Gasteiger partial charge on any atom is -0.389 e. The maximum Gasteiger partial charge on any atom is 0.226 e. The third-order valence-electron chi connectivity index (χ3n) is 7.84. The van der Waals surface area contributed by atoms with Crippen LogP contribution in [0.4, 0.5) is 19.7 Å². The van der Waals surface area contributed by atoms with Crippen LogP contribution in [0.5, 0.6) is 0 Å². The number of aromatic nitrogens is 3. The van der Waals surface area contributed by atoms with Crippen LogP contribution < -0.4 is 10.6 Å². The van der Waals surface area contributed by atoms with E-state index in [1.165, 1.54) is 0 Å². The maximum absolute atomic E-state index is 16.4. The number of fused-ring (bicyclic) bond motifs is 5. The lowest BCUT2D eigenvalue weighted by molar-refractivity contribution is 0.135. The first-order chi connectivity index (χ1) is 17.4. The third-order valence-corrected chi connectivity index (χ3v) is 8.87. The van der Waals surface area contributed by atoms with Gasteiger partial charge in [-0.25, -0.2) is 18.7 Å². The van der Waals surface area contributed by atoms with Crippen molar-refractivity contribution in [1.82, 2.24) is 19.9 Å². The van der Waals surface area contributed by atoms with Crippen molar-refractivity contribution in [2.75, 3.05) is 31.3 Å². The van der Waals surface area contributed by atoms with Gasteiger partial charge in [0.15, 0.2) is 11.6 Å². The average Bonchev–Trinajstić information content (AvgIpc) is 3.62. The van der Waals surface area contributed by atoms with E-state index in [4.69, 9.17) is 15.5 Å². The van der Waals surface area contributed by atoms with E-state index in [0.29, 0.717) is 34.9 Å². The van der Waals surface area contributed by atoms with Gasteiger partial charge in [-0.15, -0.1) is 11.3 Å². The number of nitriles is 1. The molecular formula is C25H21F2N7OS. The molecule has 3 aromatic heterocycles. The summed E-state index contributed by atoms with van der Waals surface area (Å²) in [5, 5.41) is 10.7. The summed E-state index contributed by atoms with van der Waals surface area (Å²) in [6, 6.07) is 2.77. The first-order valence-electron chi connectivity index (χ1n) is 11.7. The van der Waals surface area contributed by atoms with Gasteiger partial charge >= 0.3 is 0 Å². The van der Waals surface area contributed by atoms with E-state index in [1.807, 2.05) is 6.07 Å². The van der Waals surface area contributed by atoms with Gasteiger partial charge in [0, 0.05) is 41.2 Å². The van der Waals surface area contributed by atoms with E-state index in [2.05, 4.69) is 33.9 Å². The second-order valence-electron chi connectivity index (χ2n) is 9.85.